The SMILES string of the molecule is Cc1ccc(NC(=O)C(=O)Nc2cc(F)ccc2F)c(C)c1. The number of hydrogen-bond acceptors (Lipinski definition) is 2. The number of halogens is 2. The van der Waals surface area contributed by atoms with E-state index in [-0.39, 0.29) is 5.69 Å². The van der Waals surface area contributed by atoms with Crippen LogP contribution in [0.1, 0.15) is 11.1 Å². The van der Waals surface area contributed by atoms with Crippen LogP contribution in [0.25, 0.3) is 0 Å². The lowest BCUT2D eigenvalue weighted by molar-refractivity contribution is -0.133. The molecule has 0 aliphatic heterocycles. The van der Waals surface area contributed by atoms with E-state index in [2.05, 4.69) is 5.32 Å². The van der Waals surface area contributed by atoms with Crippen LogP contribution in [0.3, 0.4) is 0 Å². The minimum absolute atomic E-state index is 0.388. The van der Waals surface area contributed by atoms with Crippen molar-refractivity contribution in [1.29, 1.82) is 0 Å². The van der Waals surface area contributed by atoms with Crippen molar-refractivity contribution < 1.29 is 18.4 Å². The molecule has 0 radical (unpaired) electrons. The van der Waals surface area contributed by atoms with Crippen LogP contribution in [0.2, 0.25) is 0 Å². The maximum Gasteiger partial charge on any atom is 0.314 e. The van der Waals surface area contributed by atoms with Crippen molar-refractivity contribution >= 4 is 23.2 Å². The number of hydrogen-bond donors (Lipinski definition) is 2. The van der Waals surface area contributed by atoms with Crippen LogP contribution in [-0.4, -0.2) is 11.8 Å². The van der Waals surface area contributed by atoms with Gasteiger partial charge in [-0.2, -0.15) is 0 Å². The normalized spacial score (nSPS) is 10.2. The predicted octanol–water partition coefficient (Wildman–Crippen LogP) is 3.16. The van der Waals surface area contributed by atoms with E-state index in [0.29, 0.717) is 5.69 Å². The molecule has 2 amide bonds. The summed E-state index contributed by atoms with van der Waals surface area (Å²) >= 11 is 0. The minimum Gasteiger partial charge on any atom is -0.318 e. The number of carbonyl (C=O) groups is 2. The largest absolute Gasteiger partial charge is 0.318 e. The summed E-state index contributed by atoms with van der Waals surface area (Å²) in [6, 6.07) is 7.89. The van der Waals surface area contributed by atoms with Gasteiger partial charge in [0.1, 0.15) is 11.6 Å². The van der Waals surface area contributed by atoms with E-state index in [4.69, 9.17) is 0 Å². The molecule has 114 valence electrons. The van der Waals surface area contributed by atoms with Crippen molar-refractivity contribution in [1.82, 2.24) is 0 Å². The van der Waals surface area contributed by atoms with Gasteiger partial charge in [0.15, 0.2) is 0 Å². The predicted molar refractivity (Wildman–Crippen MR) is 79.5 cm³/mol. The van der Waals surface area contributed by atoms with E-state index in [9.17, 15) is 18.4 Å². The van der Waals surface area contributed by atoms with Gasteiger partial charge in [0.05, 0.1) is 5.69 Å². The molecular formula is C16H14F2N2O2. The van der Waals surface area contributed by atoms with Crippen molar-refractivity contribution in [3.63, 3.8) is 0 Å². The molecule has 0 unspecified atom stereocenters. The Bertz CT molecular complexity index is 745. The van der Waals surface area contributed by atoms with Gasteiger partial charge < -0.3 is 10.6 Å². The Kier molecular flexibility index (Phi) is 4.50. The molecule has 2 rings (SSSR count). The first kappa shape index (κ1) is 15.6. The number of rotatable bonds is 2. The second-order valence-corrected chi connectivity index (χ2v) is 4.85. The quantitative estimate of drug-likeness (QED) is 0.837. The monoisotopic (exact) mass is 304 g/mol. The highest BCUT2D eigenvalue weighted by atomic mass is 19.1. The zero-order valence-electron chi connectivity index (χ0n) is 12.0. The number of benzene rings is 2. The topological polar surface area (TPSA) is 58.2 Å². The Morgan fingerprint density at radius 1 is 0.864 bits per heavy atom. The fraction of sp³-hybridized carbons (Fsp3) is 0.125. The van der Waals surface area contributed by atoms with Crippen LogP contribution in [-0.2, 0) is 9.59 Å². The first-order chi connectivity index (χ1) is 10.4. The van der Waals surface area contributed by atoms with Gasteiger partial charge >= 0.3 is 11.8 Å². The molecule has 0 atom stereocenters. The maximum absolute atomic E-state index is 13.4. The summed E-state index contributed by atoms with van der Waals surface area (Å²) in [7, 11) is 0. The summed E-state index contributed by atoms with van der Waals surface area (Å²) in [6.07, 6.45) is 0. The zero-order chi connectivity index (χ0) is 16.3. The van der Waals surface area contributed by atoms with Crippen molar-refractivity contribution in [3.8, 4) is 0 Å². The number of amides is 2. The Morgan fingerprint density at radius 3 is 2.14 bits per heavy atom. The molecule has 4 nitrogen and oxygen atoms in total. The molecule has 0 saturated carbocycles. The van der Waals surface area contributed by atoms with Gasteiger partial charge in [-0.25, -0.2) is 8.78 Å². The third-order valence-corrected chi connectivity index (χ3v) is 3.01. The highest BCUT2D eigenvalue weighted by Gasteiger charge is 2.17. The summed E-state index contributed by atoms with van der Waals surface area (Å²) in [6.45, 7) is 3.69. The Labute approximate surface area is 126 Å². The summed E-state index contributed by atoms with van der Waals surface area (Å²) in [5.74, 6) is -3.58. The lowest BCUT2D eigenvalue weighted by Crippen LogP contribution is -2.29. The molecule has 22 heavy (non-hydrogen) atoms. The van der Waals surface area contributed by atoms with Crippen molar-refractivity contribution in [2.24, 2.45) is 0 Å². The molecule has 0 aliphatic carbocycles. The molecule has 0 aromatic heterocycles. The van der Waals surface area contributed by atoms with E-state index in [1.54, 1.807) is 19.1 Å². The minimum atomic E-state index is -1.08. The molecule has 0 aliphatic rings. The fourth-order valence-electron chi connectivity index (χ4n) is 1.91. The Morgan fingerprint density at radius 2 is 1.50 bits per heavy atom. The van der Waals surface area contributed by atoms with Gasteiger partial charge in [0.2, 0.25) is 0 Å². The second-order valence-electron chi connectivity index (χ2n) is 4.85. The molecule has 2 aromatic carbocycles. The smallest absolute Gasteiger partial charge is 0.314 e. The second kappa shape index (κ2) is 6.34. The molecule has 0 spiro atoms. The van der Waals surface area contributed by atoms with Crippen molar-refractivity contribution in [2.75, 3.05) is 10.6 Å². The van der Waals surface area contributed by atoms with Gasteiger partial charge in [-0.15, -0.1) is 0 Å². The molecule has 0 heterocycles. The molecule has 0 fully saturated rings. The highest BCUT2D eigenvalue weighted by molar-refractivity contribution is 6.43. The van der Waals surface area contributed by atoms with Crippen LogP contribution in [0.15, 0.2) is 36.4 Å². The molecule has 2 aromatic rings. The van der Waals surface area contributed by atoms with Gasteiger partial charge in [-0.3, -0.25) is 9.59 Å². The average Bonchev–Trinajstić information content (AvgIpc) is 2.45. The number of anilines is 2. The van der Waals surface area contributed by atoms with Gasteiger partial charge in [-0.1, -0.05) is 17.7 Å². The Hall–Kier alpha value is -2.76. The summed E-state index contributed by atoms with van der Waals surface area (Å²) in [5.41, 5.74) is 1.89. The molecule has 6 heteroatoms. The third-order valence-electron chi connectivity index (χ3n) is 3.01. The first-order valence-corrected chi connectivity index (χ1v) is 6.51. The van der Waals surface area contributed by atoms with E-state index < -0.39 is 23.4 Å². The van der Waals surface area contributed by atoms with Crippen LogP contribution < -0.4 is 10.6 Å². The van der Waals surface area contributed by atoms with Crippen LogP contribution in [0, 0.1) is 25.5 Å². The first-order valence-electron chi connectivity index (χ1n) is 6.51. The average molecular weight is 304 g/mol. The lowest BCUT2D eigenvalue weighted by atomic mass is 10.1. The summed E-state index contributed by atoms with van der Waals surface area (Å²) in [4.78, 5) is 23.6. The van der Waals surface area contributed by atoms with E-state index >= 15 is 0 Å². The number of aryl methyl sites for hydroxylation is 2. The van der Waals surface area contributed by atoms with Gasteiger partial charge in [0.25, 0.3) is 0 Å². The van der Waals surface area contributed by atoms with Gasteiger partial charge in [0, 0.05) is 11.8 Å². The van der Waals surface area contributed by atoms with Crippen LogP contribution in [0.4, 0.5) is 20.2 Å². The molecule has 0 saturated heterocycles. The molecule has 0 bridgehead atoms. The summed E-state index contributed by atoms with van der Waals surface area (Å²) < 4.78 is 26.4. The zero-order valence-corrected chi connectivity index (χ0v) is 12.0. The number of carbonyl (C=O) groups excluding carboxylic acids is 2. The molecule has 2 N–H and O–H groups in total. The van der Waals surface area contributed by atoms with Crippen molar-refractivity contribution in [2.45, 2.75) is 13.8 Å². The van der Waals surface area contributed by atoms with Crippen LogP contribution in [0.5, 0.6) is 0 Å². The fourth-order valence-corrected chi connectivity index (χ4v) is 1.91. The van der Waals surface area contributed by atoms with E-state index in [1.165, 1.54) is 0 Å². The van der Waals surface area contributed by atoms with E-state index in [0.717, 1.165) is 29.3 Å². The third kappa shape index (κ3) is 3.66. The standard InChI is InChI=1S/C16H14F2N2O2/c1-9-3-6-13(10(2)7-9)19-15(21)16(22)20-14-8-11(17)4-5-12(14)18/h3-8H,1-2H3,(H,19,21)(H,20,22). The number of nitrogens with one attached hydrogen (secondary N) is 2. The van der Waals surface area contributed by atoms with E-state index in [1.807, 2.05) is 18.3 Å². The summed E-state index contributed by atoms with van der Waals surface area (Å²) in [5, 5.41) is 4.46. The highest BCUT2D eigenvalue weighted by Crippen LogP contribution is 2.17. The Balaban J connectivity index is 2.09. The van der Waals surface area contributed by atoms with Crippen LogP contribution >= 0.6 is 0 Å². The van der Waals surface area contributed by atoms with Crippen molar-refractivity contribution in [3.05, 3.63) is 59.2 Å². The molecular weight excluding hydrogens is 290 g/mol. The lowest BCUT2D eigenvalue weighted by Gasteiger charge is -2.10. The van der Waals surface area contributed by atoms with Gasteiger partial charge in [-0.05, 0) is 37.6 Å². The maximum atomic E-state index is 13.4.